The number of nitrogens with zero attached hydrogens (tertiary/aromatic N) is 4. The van der Waals surface area contributed by atoms with Crippen molar-refractivity contribution in [1.82, 2.24) is 19.3 Å². The van der Waals surface area contributed by atoms with E-state index in [-0.39, 0.29) is 11.9 Å². The summed E-state index contributed by atoms with van der Waals surface area (Å²) >= 11 is 0. The van der Waals surface area contributed by atoms with Crippen molar-refractivity contribution in [1.29, 1.82) is 0 Å². The van der Waals surface area contributed by atoms with Gasteiger partial charge in [-0.05, 0) is 31.2 Å². The topological polar surface area (TPSA) is 117 Å². The molecule has 33 heavy (non-hydrogen) atoms. The van der Waals surface area contributed by atoms with Crippen LogP contribution in [0.15, 0.2) is 71.9 Å². The number of aryl methyl sites for hydroxylation is 1. The van der Waals surface area contributed by atoms with Crippen LogP contribution in [-0.2, 0) is 27.9 Å². The minimum Gasteiger partial charge on any atom is -0.455 e. The number of anilines is 1. The number of para-hydroxylation sites is 3. The molecule has 2 aromatic heterocycles. The van der Waals surface area contributed by atoms with Gasteiger partial charge in [0.15, 0.2) is 17.5 Å². The van der Waals surface area contributed by atoms with E-state index >= 15 is 0 Å². The Morgan fingerprint density at radius 1 is 1.09 bits per heavy atom. The zero-order valence-electron chi connectivity index (χ0n) is 18.0. The Balaban J connectivity index is 1.40. The molecule has 1 unspecified atom stereocenters. The van der Waals surface area contributed by atoms with Gasteiger partial charge < -0.3 is 14.8 Å². The first-order valence-corrected chi connectivity index (χ1v) is 10.1. The first-order valence-electron chi connectivity index (χ1n) is 10.1. The fourth-order valence-electron chi connectivity index (χ4n) is 3.12. The molecule has 0 aliphatic heterocycles. The third-order valence-electron chi connectivity index (χ3n) is 4.81. The van der Waals surface area contributed by atoms with Crippen molar-refractivity contribution in [2.75, 3.05) is 5.32 Å². The molecule has 0 bridgehead atoms. The maximum Gasteiger partial charge on any atom is 0.326 e. The van der Waals surface area contributed by atoms with Crippen molar-refractivity contribution in [2.24, 2.45) is 7.05 Å². The van der Waals surface area contributed by atoms with Crippen LogP contribution in [0.4, 0.5) is 5.69 Å². The van der Waals surface area contributed by atoms with Gasteiger partial charge in [0.2, 0.25) is 0 Å². The van der Waals surface area contributed by atoms with E-state index in [1.54, 1.807) is 43.4 Å². The highest BCUT2D eigenvalue weighted by Crippen LogP contribution is 2.29. The van der Waals surface area contributed by atoms with Gasteiger partial charge in [0.25, 0.3) is 11.5 Å². The second kappa shape index (κ2) is 9.35. The average molecular weight is 447 g/mol. The molecular formula is C23H21N5O5. The lowest BCUT2D eigenvalue weighted by atomic mass is 10.2. The summed E-state index contributed by atoms with van der Waals surface area (Å²) in [4.78, 5) is 41.6. The predicted molar refractivity (Wildman–Crippen MR) is 120 cm³/mol. The van der Waals surface area contributed by atoms with Crippen LogP contribution in [0.5, 0.6) is 11.5 Å². The Bertz CT molecular complexity index is 1360. The molecule has 0 saturated carbocycles. The first-order chi connectivity index (χ1) is 15.9. The molecule has 10 heteroatoms. The number of esters is 1. The van der Waals surface area contributed by atoms with Crippen LogP contribution in [0.2, 0.25) is 0 Å². The number of nitrogens with one attached hydrogen (secondary N) is 1. The van der Waals surface area contributed by atoms with Gasteiger partial charge in [-0.1, -0.05) is 30.3 Å². The van der Waals surface area contributed by atoms with Crippen molar-refractivity contribution in [3.8, 4) is 11.5 Å². The van der Waals surface area contributed by atoms with Gasteiger partial charge in [0, 0.05) is 7.05 Å². The fraction of sp³-hybridized carbons (Fsp3) is 0.174. The molecule has 4 rings (SSSR count). The molecule has 0 spiro atoms. The molecule has 0 aliphatic carbocycles. The summed E-state index contributed by atoms with van der Waals surface area (Å²) in [7, 11) is 1.66. The predicted octanol–water partition coefficient (Wildman–Crippen LogP) is 2.49. The van der Waals surface area contributed by atoms with Gasteiger partial charge in [-0.25, -0.2) is 4.98 Å². The zero-order valence-corrected chi connectivity index (χ0v) is 18.0. The largest absolute Gasteiger partial charge is 0.455 e. The quantitative estimate of drug-likeness (QED) is 0.433. The van der Waals surface area contributed by atoms with Crippen LogP contribution in [0.25, 0.3) is 11.0 Å². The normalized spacial score (nSPS) is 11.7. The van der Waals surface area contributed by atoms with E-state index in [0.717, 1.165) is 4.57 Å². The van der Waals surface area contributed by atoms with Crippen LogP contribution in [0, 0.1) is 0 Å². The molecule has 168 valence electrons. The molecule has 0 saturated heterocycles. The number of carbonyl (C=O) groups is 2. The van der Waals surface area contributed by atoms with Crippen molar-refractivity contribution < 1.29 is 19.1 Å². The summed E-state index contributed by atoms with van der Waals surface area (Å²) in [5.74, 6) is -0.236. The van der Waals surface area contributed by atoms with E-state index in [1.165, 1.54) is 24.1 Å². The zero-order chi connectivity index (χ0) is 23.4. The number of aromatic nitrogens is 4. The van der Waals surface area contributed by atoms with Crippen LogP contribution >= 0.6 is 0 Å². The van der Waals surface area contributed by atoms with Gasteiger partial charge in [-0.3, -0.25) is 23.6 Å². The summed E-state index contributed by atoms with van der Waals surface area (Å²) in [6.07, 6.45) is 1.53. The van der Waals surface area contributed by atoms with Crippen LogP contribution in [0.1, 0.15) is 6.92 Å². The maximum atomic E-state index is 12.6. The molecule has 10 nitrogen and oxygen atoms in total. The van der Waals surface area contributed by atoms with Gasteiger partial charge in [-0.15, -0.1) is 0 Å². The highest BCUT2D eigenvalue weighted by Gasteiger charge is 2.20. The molecule has 1 N–H and O–H groups in total. The smallest absolute Gasteiger partial charge is 0.326 e. The molecule has 0 radical (unpaired) electrons. The molecule has 2 aromatic carbocycles. The Labute approximate surface area is 188 Å². The molecule has 1 atom stereocenters. The highest BCUT2D eigenvalue weighted by atomic mass is 16.5. The third-order valence-corrected chi connectivity index (χ3v) is 4.81. The van der Waals surface area contributed by atoms with E-state index in [2.05, 4.69) is 15.4 Å². The average Bonchev–Trinajstić information content (AvgIpc) is 3.19. The van der Waals surface area contributed by atoms with Crippen molar-refractivity contribution in [3.63, 3.8) is 0 Å². The van der Waals surface area contributed by atoms with E-state index in [4.69, 9.17) is 9.47 Å². The molecular weight excluding hydrogens is 426 g/mol. The third kappa shape index (κ3) is 4.90. The summed E-state index contributed by atoms with van der Waals surface area (Å²) in [6.45, 7) is 1.06. The molecule has 0 aliphatic rings. The fourth-order valence-corrected chi connectivity index (χ4v) is 3.12. The van der Waals surface area contributed by atoms with Crippen LogP contribution in [0.3, 0.4) is 0 Å². The van der Waals surface area contributed by atoms with Crippen molar-refractivity contribution in [3.05, 3.63) is 77.5 Å². The van der Waals surface area contributed by atoms with E-state index in [0.29, 0.717) is 22.8 Å². The van der Waals surface area contributed by atoms with Crippen LogP contribution in [-0.4, -0.2) is 37.3 Å². The number of rotatable bonds is 7. The SMILES string of the molecule is CC(OC(=O)Cn1cnc2c(cnn2C)c1=O)C(=O)Nc1ccccc1Oc1ccccc1. The second-order valence-corrected chi connectivity index (χ2v) is 7.22. The molecule has 1 amide bonds. The first kappa shape index (κ1) is 21.8. The number of hydrogen-bond acceptors (Lipinski definition) is 7. The number of ether oxygens (including phenoxy) is 2. The summed E-state index contributed by atoms with van der Waals surface area (Å²) in [6, 6.07) is 16.1. The van der Waals surface area contributed by atoms with Crippen LogP contribution < -0.4 is 15.6 Å². The van der Waals surface area contributed by atoms with Gasteiger partial charge in [0.1, 0.15) is 24.0 Å². The van der Waals surface area contributed by atoms with E-state index in [9.17, 15) is 14.4 Å². The lowest BCUT2D eigenvalue weighted by molar-refractivity contribution is -0.153. The minimum absolute atomic E-state index is 0.286. The van der Waals surface area contributed by atoms with E-state index in [1.807, 2.05) is 18.2 Å². The lowest BCUT2D eigenvalue weighted by Gasteiger charge is -2.16. The Morgan fingerprint density at radius 3 is 2.61 bits per heavy atom. The maximum absolute atomic E-state index is 12.6. The van der Waals surface area contributed by atoms with Crippen molar-refractivity contribution in [2.45, 2.75) is 19.6 Å². The van der Waals surface area contributed by atoms with Gasteiger partial charge >= 0.3 is 5.97 Å². The molecule has 0 fully saturated rings. The summed E-state index contributed by atoms with van der Waals surface area (Å²) < 4.78 is 13.6. The standard InChI is InChI=1S/C23H21N5O5/c1-15(32-20(29)13-28-14-24-21-17(23(28)31)12-25-27(21)2)22(30)26-18-10-6-7-11-19(18)33-16-8-4-3-5-9-16/h3-12,14-15H,13H2,1-2H3,(H,26,30). The number of amides is 1. The number of benzene rings is 2. The van der Waals surface area contributed by atoms with Gasteiger partial charge in [-0.2, -0.15) is 5.10 Å². The number of fused-ring (bicyclic) bond motifs is 1. The molecule has 4 aromatic rings. The Kier molecular flexibility index (Phi) is 6.16. The van der Waals surface area contributed by atoms with E-state index < -0.39 is 23.5 Å². The van der Waals surface area contributed by atoms with Gasteiger partial charge in [0.05, 0.1) is 11.9 Å². The summed E-state index contributed by atoms with van der Waals surface area (Å²) in [5.41, 5.74) is 0.416. The number of carbonyl (C=O) groups excluding carboxylic acids is 2. The Morgan fingerprint density at radius 2 is 1.82 bits per heavy atom. The lowest BCUT2D eigenvalue weighted by Crippen LogP contribution is -2.33. The minimum atomic E-state index is -1.10. The Hall–Kier alpha value is -4.47. The number of hydrogen-bond donors (Lipinski definition) is 1. The highest BCUT2D eigenvalue weighted by molar-refractivity contribution is 5.96. The second-order valence-electron chi connectivity index (χ2n) is 7.22. The summed E-state index contributed by atoms with van der Waals surface area (Å²) in [5, 5.41) is 6.97. The monoisotopic (exact) mass is 447 g/mol. The molecule has 2 heterocycles. The van der Waals surface area contributed by atoms with Crippen molar-refractivity contribution >= 4 is 28.6 Å².